The minimum absolute atomic E-state index is 0.124. The van der Waals surface area contributed by atoms with Crippen molar-refractivity contribution >= 4 is 54.8 Å². The predicted molar refractivity (Wildman–Crippen MR) is 261 cm³/mol. The summed E-state index contributed by atoms with van der Waals surface area (Å²) in [6, 6.07) is 3.37. The number of anilines is 2. The number of aryl methyl sites for hydroxylation is 2. The van der Waals surface area contributed by atoms with Crippen LogP contribution < -0.4 is 10.6 Å². The zero-order chi connectivity index (χ0) is 44.4. The number of halogens is 2. The first-order valence-electron chi connectivity index (χ1n) is 20.5. The van der Waals surface area contributed by atoms with Crippen LogP contribution in [0.5, 0.6) is 0 Å². The first-order valence-corrected chi connectivity index (χ1v) is 22.1. The Bertz CT molecular complexity index is 2160. The van der Waals surface area contributed by atoms with E-state index in [4.69, 9.17) is 0 Å². The van der Waals surface area contributed by atoms with Gasteiger partial charge in [0.25, 0.3) is 0 Å². The maximum Gasteiger partial charge on any atom is 0.181 e. The van der Waals surface area contributed by atoms with Crippen molar-refractivity contribution in [2.45, 2.75) is 108 Å². The van der Waals surface area contributed by atoms with Crippen LogP contribution in [0.2, 0.25) is 0 Å². The highest BCUT2D eigenvalue weighted by atomic mass is 79.9. The highest BCUT2D eigenvalue weighted by molar-refractivity contribution is 9.10. The molecule has 60 heavy (non-hydrogen) atoms. The Kier molecular flexibility index (Phi) is 17.0. The van der Waals surface area contributed by atoms with E-state index in [1.54, 1.807) is 12.4 Å². The van der Waals surface area contributed by atoms with Gasteiger partial charge in [0, 0.05) is 8.95 Å². The second-order valence-corrected chi connectivity index (χ2v) is 19.1. The second-order valence-electron chi connectivity index (χ2n) is 17.4. The molecule has 2 unspecified atom stereocenters. The van der Waals surface area contributed by atoms with Gasteiger partial charge in [-0.25, -0.2) is 0 Å². The predicted octanol–water partition coefficient (Wildman–Crippen LogP) is 14.1. The summed E-state index contributed by atoms with van der Waals surface area (Å²) in [5, 5.41) is 6.83. The third kappa shape index (κ3) is 13.4. The molecule has 2 atom stereocenters. The van der Waals surface area contributed by atoms with E-state index in [-0.39, 0.29) is 34.5 Å². The minimum Gasteiger partial charge on any atom is -0.374 e. The summed E-state index contributed by atoms with van der Waals surface area (Å²) in [6.07, 6.45) is 34.1. The average molecular weight is 935 g/mol. The number of hydrogen-bond acceptors (Lipinski definition) is 6. The highest BCUT2D eigenvalue weighted by Crippen LogP contribution is 2.42. The zero-order valence-corrected chi connectivity index (χ0v) is 40.6. The van der Waals surface area contributed by atoms with Crippen LogP contribution in [-0.4, -0.2) is 33.6 Å². The number of nitrogens with zero attached hydrogens (tertiary/aromatic N) is 2. The Morgan fingerprint density at radius 3 is 1.27 bits per heavy atom. The van der Waals surface area contributed by atoms with Crippen LogP contribution in [0.4, 0.5) is 11.4 Å². The first kappa shape index (κ1) is 48.0. The summed E-state index contributed by atoms with van der Waals surface area (Å²) < 4.78 is 1.84. The van der Waals surface area contributed by atoms with Gasteiger partial charge in [0.05, 0.1) is 47.2 Å². The van der Waals surface area contributed by atoms with Gasteiger partial charge in [-0.05, 0) is 145 Å². The van der Waals surface area contributed by atoms with Crippen LogP contribution in [0.15, 0.2) is 163 Å². The van der Waals surface area contributed by atoms with Crippen LogP contribution in [0.3, 0.4) is 0 Å². The number of carbonyl (C=O) groups excluding carboxylic acids is 2. The molecule has 6 nitrogen and oxygen atoms in total. The number of carbonyl (C=O) groups is 2. The van der Waals surface area contributed by atoms with Gasteiger partial charge in [0.15, 0.2) is 11.6 Å². The van der Waals surface area contributed by atoms with Crippen molar-refractivity contribution in [2.24, 2.45) is 10.8 Å². The maximum atomic E-state index is 13.4. The van der Waals surface area contributed by atoms with Gasteiger partial charge < -0.3 is 10.6 Å². The molecule has 2 aromatic heterocycles. The third-order valence-electron chi connectivity index (χ3n) is 11.1. The molecule has 2 aliphatic rings. The number of nitrogens with one attached hydrogen (secondary N) is 2. The fourth-order valence-electron chi connectivity index (χ4n) is 7.51. The lowest BCUT2D eigenvalue weighted by Crippen LogP contribution is -2.40. The van der Waals surface area contributed by atoms with Crippen molar-refractivity contribution in [3.05, 3.63) is 175 Å². The average Bonchev–Trinajstić information content (AvgIpc) is 3.17. The zero-order valence-electron chi connectivity index (χ0n) is 37.4. The fraction of sp³-hybridized carbons (Fsp3) is 0.346. The number of hydrogen-bond donors (Lipinski definition) is 2. The number of allylic oxidation sites excluding steroid dienone is 20. The van der Waals surface area contributed by atoms with Gasteiger partial charge in [0.2, 0.25) is 0 Å². The Balaban J connectivity index is 1.29. The lowest BCUT2D eigenvalue weighted by molar-refractivity contribution is -0.118. The Morgan fingerprint density at radius 2 is 0.917 bits per heavy atom. The summed E-state index contributed by atoms with van der Waals surface area (Å²) in [7, 11) is 0. The van der Waals surface area contributed by atoms with E-state index in [9.17, 15) is 9.59 Å². The van der Waals surface area contributed by atoms with E-state index in [1.165, 1.54) is 0 Å². The van der Waals surface area contributed by atoms with Gasteiger partial charge in [-0.3, -0.25) is 19.6 Å². The van der Waals surface area contributed by atoms with Crippen molar-refractivity contribution < 1.29 is 9.59 Å². The molecule has 0 aromatic carbocycles. The molecular weight excluding hydrogens is 872 g/mol. The van der Waals surface area contributed by atoms with E-state index >= 15 is 0 Å². The molecule has 0 spiro atoms. The molecule has 0 aliphatic heterocycles. The van der Waals surface area contributed by atoms with Gasteiger partial charge in [0.1, 0.15) is 0 Å². The summed E-state index contributed by atoms with van der Waals surface area (Å²) in [5.41, 5.74) is 11.4. The lowest BCUT2D eigenvalue weighted by atomic mass is 9.70. The van der Waals surface area contributed by atoms with Crippen molar-refractivity contribution in [1.82, 2.24) is 9.97 Å². The quantitative estimate of drug-likeness (QED) is 0.184. The molecule has 0 saturated carbocycles. The summed E-state index contributed by atoms with van der Waals surface area (Å²) in [4.78, 5) is 35.6. The molecular formula is C52H62Br2N4O2. The van der Waals surface area contributed by atoms with Gasteiger partial charge >= 0.3 is 0 Å². The SMILES string of the molecule is CC(C=CC=C(C)C=CC1=C(C)C(=O)C(Nc2cnc(C)c(Br)c2)CC1(C)C)=CC=CC=C(C)C=CC=C(C)C=CC1=C(C)C(=O)C(Nc2cnc(C)c(Br)c2)CC1(C)C. The van der Waals surface area contributed by atoms with Gasteiger partial charge in [-0.15, -0.1) is 0 Å². The molecule has 2 aliphatic carbocycles. The molecule has 0 bridgehead atoms. The standard InChI is InChI=1S/C52H62Br2N4O2/c1-33(19-15-21-35(3)23-25-43-37(5)49(59)47(29-51(43,9)10)57-41-27-45(53)39(7)55-31-41)17-13-14-18-34(2)20-16-22-36(4)24-26-44-38(6)50(60)48(30-52(44,11)12)58-42-28-46(54)40(8)56-32-42/h13-28,31-32,47-48,57-58H,29-30H2,1-12H3. The van der Waals surface area contributed by atoms with E-state index in [0.29, 0.717) is 12.8 Å². The Labute approximate surface area is 376 Å². The number of rotatable bonds is 14. The van der Waals surface area contributed by atoms with Crippen molar-refractivity contribution in [2.75, 3.05) is 10.6 Å². The largest absolute Gasteiger partial charge is 0.374 e. The normalized spacial score (nSPS) is 21.0. The summed E-state index contributed by atoms with van der Waals surface area (Å²) in [6.45, 7) is 24.9. The molecule has 0 radical (unpaired) electrons. The van der Waals surface area contributed by atoms with Crippen LogP contribution in [0.25, 0.3) is 0 Å². The van der Waals surface area contributed by atoms with Gasteiger partial charge in [-0.2, -0.15) is 0 Å². The molecule has 4 rings (SSSR count). The number of pyridine rings is 2. The van der Waals surface area contributed by atoms with E-state index in [1.807, 2.05) is 52.0 Å². The molecule has 0 saturated heterocycles. The summed E-state index contributed by atoms with van der Waals surface area (Å²) in [5.74, 6) is 0.248. The van der Waals surface area contributed by atoms with Crippen molar-refractivity contribution in [3.63, 3.8) is 0 Å². The maximum absolute atomic E-state index is 13.4. The molecule has 8 heteroatoms. The fourth-order valence-corrected chi connectivity index (χ4v) is 8.20. The molecule has 0 fully saturated rings. The molecule has 2 N–H and O–H groups in total. The third-order valence-corrected chi connectivity index (χ3v) is 12.7. The first-order chi connectivity index (χ1) is 28.2. The van der Waals surface area contributed by atoms with E-state index < -0.39 is 0 Å². The minimum atomic E-state index is -0.296. The van der Waals surface area contributed by atoms with Crippen molar-refractivity contribution in [1.29, 1.82) is 0 Å². The van der Waals surface area contributed by atoms with Gasteiger partial charge in [-0.1, -0.05) is 135 Å². The topological polar surface area (TPSA) is 84.0 Å². The number of Topliss-reactive ketones (excluding diaryl/α,β-unsaturated/α-hetero) is 2. The molecule has 0 amide bonds. The van der Waals surface area contributed by atoms with E-state index in [0.717, 1.165) is 76.3 Å². The molecule has 2 heterocycles. The van der Waals surface area contributed by atoms with Crippen molar-refractivity contribution in [3.8, 4) is 0 Å². The second kappa shape index (κ2) is 21.2. The van der Waals surface area contributed by atoms with Crippen LogP contribution in [0.1, 0.15) is 93.5 Å². The molecule has 316 valence electrons. The lowest BCUT2D eigenvalue weighted by Gasteiger charge is -2.37. The van der Waals surface area contributed by atoms with Crippen LogP contribution >= 0.6 is 31.9 Å². The summed E-state index contributed by atoms with van der Waals surface area (Å²) >= 11 is 7.09. The van der Waals surface area contributed by atoms with Crippen LogP contribution in [-0.2, 0) is 9.59 Å². The molecule has 2 aromatic rings. The highest BCUT2D eigenvalue weighted by Gasteiger charge is 2.39. The van der Waals surface area contributed by atoms with E-state index in [2.05, 4.69) is 181 Å². The Morgan fingerprint density at radius 1 is 0.583 bits per heavy atom. The smallest absolute Gasteiger partial charge is 0.181 e. The number of aromatic nitrogens is 2. The van der Waals surface area contributed by atoms with Crippen LogP contribution in [0, 0.1) is 24.7 Å². The number of ketones is 2. The Hall–Kier alpha value is -4.66. The monoisotopic (exact) mass is 932 g/mol.